The van der Waals surface area contributed by atoms with Crippen molar-refractivity contribution in [2.24, 2.45) is 0 Å². The lowest BCUT2D eigenvalue weighted by Crippen LogP contribution is -2.23. The first-order valence-corrected chi connectivity index (χ1v) is 11.0. The lowest BCUT2D eigenvalue weighted by atomic mass is 10.0. The van der Waals surface area contributed by atoms with Crippen molar-refractivity contribution >= 4 is 15.9 Å². The van der Waals surface area contributed by atoms with Crippen LogP contribution in [0.1, 0.15) is 30.0 Å². The molecule has 0 aliphatic carbocycles. The van der Waals surface area contributed by atoms with E-state index in [0.29, 0.717) is 19.3 Å². The summed E-state index contributed by atoms with van der Waals surface area (Å²) in [7, 11) is 0. The molecule has 0 saturated carbocycles. The van der Waals surface area contributed by atoms with Crippen molar-refractivity contribution in [1.82, 2.24) is 9.88 Å². The van der Waals surface area contributed by atoms with Gasteiger partial charge in [-0.1, -0.05) is 18.2 Å². The number of ether oxygens (including phenoxy) is 3. The highest BCUT2D eigenvalue weighted by Gasteiger charge is 2.27. The quantitative estimate of drug-likeness (QED) is 0.479. The van der Waals surface area contributed by atoms with Crippen molar-refractivity contribution in [3.8, 4) is 23.0 Å². The molecule has 2 aliphatic heterocycles. The van der Waals surface area contributed by atoms with Gasteiger partial charge in [0.2, 0.25) is 0 Å². The first kappa shape index (κ1) is 19.4. The second-order valence-corrected chi connectivity index (χ2v) is 8.53. The summed E-state index contributed by atoms with van der Waals surface area (Å²) in [5.74, 6) is 3.25. The van der Waals surface area contributed by atoms with Crippen LogP contribution in [0.4, 0.5) is 0 Å². The van der Waals surface area contributed by atoms with Crippen LogP contribution in [0.25, 0.3) is 0 Å². The maximum Gasteiger partial charge on any atom is 0.161 e. The Morgan fingerprint density at radius 3 is 2.63 bits per heavy atom. The van der Waals surface area contributed by atoms with Crippen molar-refractivity contribution in [2.45, 2.75) is 25.4 Å². The van der Waals surface area contributed by atoms with Gasteiger partial charge in [0.05, 0.1) is 6.20 Å². The maximum absolute atomic E-state index is 5.90. The minimum Gasteiger partial charge on any atom is -0.486 e. The van der Waals surface area contributed by atoms with E-state index < -0.39 is 0 Å². The third-order valence-electron chi connectivity index (χ3n) is 5.54. The van der Waals surface area contributed by atoms with Gasteiger partial charge in [0, 0.05) is 23.3 Å². The lowest BCUT2D eigenvalue weighted by Gasteiger charge is -2.26. The minimum atomic E-state index is 0.407. The predicted molar refractivity (Wildman–Crippen MR) is 118 cm³/mol. The van der Waals surface area contributed by atoms with Crippen molar-refractivity contribution in [3.05, 3.63) is 76.5 Å². The zero-order valence-corrected chi connectivity index (χ0v) is 18.2. The van der Waals surface area contributed by atoms with E-state index in [2.05, 4.69) is 50.1 Å². The van der Waals surface area contributed by atoms with Gasteiger partial charge < -0.3 is 14.2 Å². The van der Waals surface area contributed by atoms with E-state index >= 15 is 0 Å². The predicted octanol–water partition coefficient (Wildman–Crippen LogP) is 5.74. The summed E-state index contributed by atoms with van der Waals surface area (Å²) < 4.78 is 18.2. The molecule has 3 heterocycles. The van der Waals surface area contributed by atoms with Crippen molar-refractivity contribution in [1.29, 1.82) is 0 Å². The second-order valence-electron chi connectivity index (χ2n) is 7.62. The fourth-order valence-electron chi connectivity index (χ4n) is 4.14. The fraction of sp³-hybridized carbons (Fsp3) is 0.292. The molecule has 1 aromatic heterocycles. The summed E-state index contributed by atoms with van der Waals surface area (Å²) in [5.41, 5.74) is 2.58. The van der Waals surface area contributed by atoms with Crippen LogP contribution >= 0.6 is 15.9 Å². The molecule has 2 aliphatic rings. The largest absolute Gasteiger partial charge is 0.486 e. The molecule has 1 fully saturated rings. The van der Waals surface area contributed by atoms with E-state index in [1.165, 1.54) is 17.5 Å². The van der Waals surface area contributed by atoms with E-state index in [4.69, 9.17) is 14.2 Å². The average molecular weight is 467 g/mol. The number of hydrogen-bond donors (Lipinski definition) is 0. The van der Waals surface area contributed by atoms with Crippen LogP contribution < -0.4 is 14.2 Å². The second kappa shape index (κ2) is 8.66. The molecule has 0 amide bonds. The third kappa shape index (κ3) is 4.30. The number of halogens is 1. The summed E-state index contributed by atoms with van der Waals surface area (Å²) in [4.78, 5) is 6.68. The molecular weight excluding hydrogens is 444 g/mol. The van der Waals surface area contributed by atoms with Crippen LogP contribution in [-0.4, -0.2) is 29.6 Å². The van der Waals surface area contributed by atoms with Gasteiger partial charge in [-0.15, -0.1) is 0 Å². The zero-order chi connectivity index (χ0) is 20.3. The van der Waals surface area contributed by atoms with Crippen LogP contribution in [0.2, 0.25) is 0 Å². The maximum atomic E-state index is 5.90. The van der Waals surface area contributed by atoms with Gasteiger partial charge >= 0.3 is 0 Å². The first-order chi connectivity index (χ1) is 14.7. The highest BCUT2D eigenvalue weighted by molar-refractivity contribution is 9.10. The van der Waals surface area contributed by atoms with Crippen molar-refractivity contribution < 1.29 is 14.2 Å². The molecular formula is C24H23BrN2O3. The van der Waals surface area contributed by atoms with Crippen LogP contribution in [-0.2, 0) is 6.54 Å². The smallest absolute Gasteiger partial charge is 0.161 e. The van der Waals surface area contributed by atoms with E-state index in [9.17, 15) is 0 Å². The molecule has 5 nitrogen and oxygen atoms in total. The standard InChI is InChI=1S/C24H23BrN2O3/c25-19-13-21(15-26-14-19)30-20-6-3-17(4-7-20)16-27-9-1-2-22(27)18-5-8-23-24(12-18)29-11-10-28-23/h3-8,12-15,22H,1-2,9-11,16H2/t22-/m0/s1. The number of rotatable bonds is 5. The number of fused-ring (bicyclic) bond motifs is 1. The summed E-state index contributed by atoms with van der Waals surface area (Å²) in [6.07, 6.45) is 5.82. The molecule has 6 heteroatoms. The summed E-state index contributed by atoms with van der Waals surface area (Å²) in [5, 5.41) is 0. The Morgan fingerprint density at radius 2 is 1.80 bits per heavy atom. The summed E-state index contributed by atoms with van der Waals surface area (Å²) >= 11 is 3.42. The lowest BCUT2D eigenvalue weighted by molar-refractivity contribution is 0.170. The van der Waals surface area contributed by atoms with E-state index in [1.54, 1.807) is 12.4 Å². The number of likely N-dealkylation sites (tertiary alicyclic amines) is 1. The molecule has 0 spiro atoms. The monoisotopic (exact) mass is 466 g/mol. The molecule has 0 N–H and O–H groups in total. The third-order valence-corrected chi connectivity index (χ3v) is 5.97. The minimum absolute atomic E-state index is 0.407. The Kier molecular flexibility index (Phi) is 5.60. The number of hydrogen-bond acceptors (Lipinski definition) is 5. The normalized spacial score (nSPS) is 18.4. The molecule has 0 bridgehead atoms. The van der Waals surface area contributed by atoms with Gasteiger partial charge in [-0.05, 0) is 76.8 Å². The molecule has 0 radical (unpaired) electrons. The van der Waals surface area contributed by atoms with Crippen LogP contribution in [0, 0.1) is 0 Å². The van der Waals surface area contributed by atoms with E-state index in [0.717, 1.165) is 47.0 Å². The summed E-state index contributed by atoms with van der Waals surface area (Å²) in [6.45, 7) is 3.26. The van der Waals surface area contributed by atoms with Gasteiger partial charge in [0.1, 0.15) is 24.7 Å². The number of nitrogens with zero attached hydrogens (tertiary/aromatic N) is 2. The SMILES string of the molecule is Brc1cncc(Oc2ccc(CN3CCC[C@H]3c3ccc4c(c3)OCCO4)cc2)c1. The van der Waals surface area contributed by atoms with Crippen LogP contribution in [0.15, 0.2) is 65.4 Å². The van der Waals surface area contributed by atoms with Gasteiger partial charge in [-0.2, -0.15) is 0 Å². The molecule has 154 valence electrons. The van der Waals surface area contributed by atoms with Gasteiger partial charge in [0.25, 0.3) is 0 Å². The molecule has 0 unspecified atom stereocenters. The Morgan fingerprint density at radius 1 is 0.967 bits per heavy atom. The Hall–Kier alpha value is -2.57. The number of aromatic nitrogens is 1. The summed E-state index contributed by atoms with van der Waals surface area (Å²) in [6, 6.07) is 17.0. The van der Waals surface area contributed by atoms with Gasteiger partial charge in [0.15, 0.2) is 11.5 Å². The first-order valence-electron chi connectivity index (χ1n) is 10.3. The zero-order valence-electron chi connectivity index (χ0n) is 16.6. The Bertz CT molecular complexity index is 1030. The van der Waals surface area contributed by atoms with E-state index in [-0.39, 0.29) is 0 Å². The van der Waals surface area contributed by atoms with Crippen LogP contribution in [0.3, 0.4) is 0 Å². The molecule has 5 rings (SSSR count). The number of benzene rings is 2. The Balaban J connectivity index is 1.27. The average Bonchev–Trinajstić information content (AvgIpc) is 3.23. The highest BCUT2D eigenvalue weighted by atomic mass is 79.9. The van der Waals surface area contributed by atoms with Crippen molar-refractivity contribution in [3.63, 3.8) is 0 Å². The Labute approximate surface area is 184 Å². The highest BCUT2D eigenvalue weighted by Crippen LogP contribution is 2.38. The van der Waals surface area contributed by atoms with Crippen molar-refractivity contribution in [2.75, 3.05) is 19.8 Å². The molecule has 30 heavy (non-hydrogen) atoms. The van der Waals surface area contributed by atoms with Gasteiger partial charge in [-0.25, -0.2) is 0 Å². The number of pyridine rings is 1. The molecule has 2 aromatic carbocycles. The van der Waals surface area contributed by atoms with E-state index in [1.807, 2.05) is 24.3 Å². The topological polar surface area (TPSA) is 43.8 Å². The van der Waals surface area contributed by atoms with Crippen LogP contribution in [0.5, 0.6) is 23.0 Å². The van der Waals surface area contributed by atoms with Gasteiger partial charge in [-0.3, -0.25) is 9.88 Å². The molecule has 1 saturated heterocycles. The molecule has 1 atom stereocenters. The fourth-order valence-corrected chi connectivity index (χ4v) is 4.49. The molecule has 3 aromatic rings.